The fraction of sp³-hybridized carbons (Fsp3) is 0.125. The van der Waals surface area contributed by atoms with E-state index >= 15 is 0 Å². The molecule has 0 atom stereocenters. The molecule has 0 aliphatic rings. The van der Waals surface area contributed by atoms with Crippen LogP contribution in [0.5, 0.6) is 0 Å². The summed E-state index contributed by atoms with van der Waals surface area (Å²) in [7, 11) is 0. The molecule has 0 radical (unpaired) electrons. The minimum Gasteiger partial charge on any atom is -0.390 e. The summed E-state index contributed by atoms with van der Waals surface area (Å²) < 4.78 is 4.82. The molecule has 14 heavy (non-hydrogen) atoms. The molecule has 0 spiro atoms. The summed E-state index contributed by atoms with van der Waals surface area (Å²) in [6.07, 6.45) is 0. The normalized spacial score (nSPS) is 10.6. The van der Waals surface area contributed by atoms with Gasteiger partial charge in [-0.05, 0) is 6.07 Å². The van der Waals surface area contributed by atoms with Crippen LogP contribution in [0.3, 0.4) is 0 Å². The number of benzene rings is 1. The number of aliphatic hydroxyl groups is 1. The van der Waals surface area contributed by atoms with Crippen LogP contribution in [0.25, 0.3) is 11.0 Å². The van der Waals surface area contributed by atoms with E-state index in [1.807, 2.05) is 0 Å². The Hall–Kier alpha value is -1.95. The molecule has 1 aromatic carbocycles. The predicted octanol–water partition coefficient (Wildman–Crippen LogP) is 1.23. The van der Waals surface area contributed by atoms with Gasteiger partial charge in [0.25, 0.3) is 5.69 Å². The van der Waals surface area contributed by atoms with E-state index in [-0.39, 0.29) is 12.3 Å². The van der Waals surface area contributed by atoms with E-state index < -0.39 is 4.92 Å². The lowest BCUT2D eigenvalue weighted by Gasteiger charge is -1.90. The number of nitrogens with zero attached hydrogens (tertiary/aromatic N) is 2. The zero-order chi connectivity index (χ0) is 10.1. The molecular formula is C8H6N2O4. The topological polar surface area (TPSA) is 89.4 Å². The Labute approximate surface area is 77.9 Å². The first kappa shape index (κ1) is 8.64. The van der Waals surface area contributed by atoms with Gasteiger partial charge in [0.1, 0.15) is 5.69 Å². The summed E-state index contributed by atoms with van der Waals surface area (Å²) in [6, 6.07) is 4.13. The molecule has 2 aromatic rings. The number of hydrogen-bond acceptors (Lipinski definition) is 5. The number of aromatic nitrogens is 1. The third-order valence-corrected chi connectivity index (χ3v) is 1.89. The summed E-state index contributed by atoms with van der Waals surface area (Å²) in [5.74, 6) is 0. The molecular weight excluding hydrogens is 188 g/mol. The molecule has 1 heterocycles. The second-order valence-corrected chi connectivity index (χ2v) is 2.72. The first-order valence-electron chi connectivity index (χ1n) is 3.86. The quantitative estimate of drug-likeness (QED) is 0.573. The number of nitro groups is 1. The maximum absolute atomic E-state index is 10.4. The minimum absolute atomic E-state index is 0.0573. The average molecular weight is 194 g/mol. The van der Waals surface area contributed by atoms with E-state index in [9.17, 15) is 10.1 Å². The molecule has 0 aliphatic heterocycles. The van der Waals surface area contributed by atoms with Gasteiger partial charge in [-0.25, -0.2) is 0 Å². The van der Waals surface area contributed by atoms with Gasteiger partial charge in [0, 0.05) is 11.5 Å². The van der Waals surface area contributed by atoms with Crippen LogP contribution in [-0.4, -0.2) is 15.2 Å². The summed E-state index contributed by atoms with van der Waals surface area (Å²) in [5, 5.41) is 23.4. The molecule has 6 heteroatoms. The van der Waals surface area contributed by atoms with Gasteiger partial charge in [0.2, 0.25) is 0 Å². The lowest BCUT2D eigenvalue weighted by Crippen LogP contribution is -1.87. The Morgan fingerprint density at radius 1 is 1.57 bits per heavy atom. The maximum Gasteiger partial charge on any atom is 0.273 e. The highest BCUT2D eigenvalue weighted by molar-refractivity contribution is 5.81. The van der Waals surface area contributed by atoms with Crippen molar-refractivity contribution in [2.45, 2.75) is 6.61 Å². The van der Waals surface area contributed by atoms with Crippen LogP contribution < -0.4 is 0 Å². The Morgan fingerprint density at radius 2 is 2.36 bits per heavy atom. The summed E-state index contributed by atoms with van der Waals surface area (Å²) in [4.78, 5) is 9.90. The summed E-state index contributed by atoms with van der Waals surface area (Å²) in [5.41, 5.74) is 0.635. The van der Waals surface area contributed by atoms with Gasteiger partial charge < -0.3 is 9.63 Å². The molecule has 0 saturated carbocycles. The van der Waals surface area contributed by atoms with Crippen molar-refractivity contribution in [2.75, 3.05) is 0 Å². The third-order valence-electron chi connectivity index (χ3n) is 1.89. The van der Waals surface area contributed by atoms with Gasteiger partial charge in [-0.3, -0.25) is 10.1 Å². The van der Waals surface area contributed by atoms with Gasteiger partial charge in [-0.15, -0.1) is 0 Å². The molecule has 0 amide bonds. The Balaban J connectivity index is 2.63. The van der Waals surface area contributed by atoms with Crippen molar-refractivity contribution in [1.29, 1.82) is 0 Å². The molecule has 1 aromatic heterocycles. The molecule has 0 unspecified atom stereocenters. The second-order valence-electron chi connectivity index (χ2n) is 2.72. The van der Waals surface area contributed by atoms with Crippen molar-refractivity contribution in [3.05, 3.63) is 34.0 Å². The van der Waals surface area contributed by atoms with Crippen molar-refractivity contribution in [2.24, 2.45) is 0 Å². The van der Waals surface area contributed by atoms with Crippen LogP contribution in [0.15, 0.2) is 22.7 Å². The molecule has 2 rings (SSSR count). The largest absolute Gasteiger partial charge is 0.390 e. The van der Waals surface area contributed by atoms with E-state index in [2.05, 4.69) is 5.16 Å². The van der Waals surface area contributed by atoms with Gasteiger partial charge in [0.15, 0.2) is 5.58 Å². The molecule has 0 saturated heterocycles. The van der Waals surface area contributed by atoms with Crippen LogP contribution in [0.2, 0.25) is 0 Å². The highest BCUT2D eigenvalue weighted by Gasteiger charge is 2.12. The van der Waals surface area contributed by atoms with E-state index in [1.54, 1.807) is 0 Å². The number of nitro benzene ring substituents is 1. The summed E-state index contributed by atoms with van der Waals surface area (Å²) in [6.45, 7) is -0.245. The standard InChI is InChI=1S/C8H6N2O4/c11-4-7-6-2-1-5(10(12)13)3-8(6)14-9-7/h1-3,11H,4H2. The van der Waals surface area contributed by atoms with E-state index in [1.165, 1.54) is 18.2 Å². The zero-order valence-electron chi connectivity index (χ0n) is 7.01. The molecule has 72 valence electrons. The summed E-state index contributed by atoms with van der Waals surface area (Å²) >= 11 is 0. The van der Waals surface area contributed by atoms with E-state index in [0.717, 1.165) is 0 Å². The van der Waals surface area contributed by atoms with Crippen LogP contribution in [0.1, 0.15) is 5.69 Å². The SMILES string of the molecule is O=[N+]([O-])c1ccc2c(CO)noc2c1. The van der Waals surface area contributed by atoms with E-state index in [4.69, 9.17) is 9.63 Å². The van der Waals surface area contributed by atoms with Crippen LogP contribution in [-0.2, 0) is 6.61 Å². The van der Waals surface area contributed by atoms with E-state index in [0.29, 0.717) is 16.7 Å². The first-order valence-corrected chi connectivity index (χ1v) is 3.86. The van der Waals surface area contributed by atoms with Crippen molar-refractivity contribution >= 4 is 16.7 Å². The molecule has 0 aliphatic carbocycles. The Morgan fingerprint density at radius 3 is 3.00 bits per heavy atom. The fourth-order valence-electron chi connectivity index (χ4n) is 1.21. The molecule has 0 fully saturated rings. The monoisotopic (exact) mass is 194 g/mol. The predicted molar refractivity (Wildman–Crippen MR) is 46.6 cm³/mol. The smallest absolute Gasteiger partial charge is 0.273 e. The Kier molecular flexibility index (Phi) is 1.90. The van der Waals surface area contributed by atoms with Crippen LogP contribution in [0.4, 0.5) is 5.69 Å². The highest BCUT2D eigenvalue weighted by Crippen LogP contribution is 2.23. The van der Waals surface area contributed by atoms with Crippen LogP contribution in [0, 0.1) is 10.1 Å². The minimum atomic E-state index is -0.513. The molecule has 0 bridgehead atoms. The van der Waals surface area contributed by atoms with Gasteiger partial charge >= 0.3 is 0 Å². The first-order chi connectivity index (χ1) is 6.72. The van der Waals surface area contributed by atoms with Crippen molar-refractivity contribution < 1.29 is 14.6 Å². The van der Waals surface area contributed by atoms with Gasteiger partial charge in [-0.2, -0.15) is 0 Å². The Bertz CT molecular complexity index is 491. The fourth-order valence-corrected chi connectivity index (χ4v) is 1.21. The van der Waals surface area contributed by atoms with Crippen molar-refractivity contribution in [3.63, 3.8) is 0 Å². The maximum atomic E-state index is 10.4. The average Bonchev–Trinajstić information content (AvgIpc) is 2.59. The van der Waals surface area contributed by atoms with Crippen LogP contribution >= 0.6 is 0 Å². The second kappa shape index (κ2) is 3.08. The highest BCUT2D eigenvalue weighted by atomic mass is 16.6. The lowest BCUT2D eigenvalue weighted by atomic mass is 10.2. The number of aliphatic hydroxyl groups excluding tert-OH is 1. The molecule has 1 N–H and O–H groups in total. The van der Waals surface area contributed by atoms with Gasteiger partial charge in [0.05, 0.1) is 17.6 Å². The van der Waals surface area contributed by atoms with Crippen molar-refractivity contribution in [1.82, 2.24) is 5.16 Å². The number of non-ortho nitro benzene ring substituents is 1. The number of rotatable bonds is 2. The zero-order valence-corrected chi connectivity index (χ0v) is 7.01. The third kappa shape index (κ3) is 1.21. The molecule has 6 nitrogen and oxygen atoms in total. The van der Waals surface area contributed by atoms with Crippen molar-refractivity contribution in [3.8, 4) is 0 Å². The number of hydrogen-bond donors (Lipinski definition) is 1. The van der Waals surface area contributed by atoms with Gasteiger partial charge in [-0.1, -0.05) is 5.16 Å². The lowest BCUT2D eigenvalue weighted by molar-refractivity contribution is -0.384. The number of fused-ring (bicyclic) bond motifs is 1.